The van der Waals surface area contributed by atoms with E-state index >= 15 is 0 Å². The lowest BCUT2D eigenvalue weighted by Crippen LogP contribution is -2.28. The summed E-state index contributed by atoms with van der Waals surface area (Å²) >= 11 is 0. The molecule has 1 fully saturated rings. The van der Waals surface area contributed by atoms with E-state index in [0.717, 1.165) is 5.56 Å². The molecule has 2 aromatic carbocycles. The molecule has 0 aliphatic carbocycles. The van der Waals surface area contributed by atoms with Gasteiger partial charge in [0.15, 0.2) is 0 Å². The predicted octanol–water partition coefficient (Wildman–Crippen LogP) is 2.95. The van der Waals surface area contributed by atoms with Crippen LogP contribution >= 0.6 is 0 Å². The molecule has 3 rings (SSSR count). The van der Waals surface area contributed by atoms with Crippen LogP contribution in [-0.2, 0) is 16.1 Å². The number of carbonyl (C=O) groups is 3. The average molecular weight is 324 g/mol. The number of rotatable bonds is 4. The number of hydrogen-bond acceptors (Lipinski definition) is 4. The Morgan fingerprint density at radius 2 is 1.58 bits per heavy atom. The molecule has 0 atom stereocenters. The molecule has 1 heterocycles. The lowest BCUT2D eigenvalue weighted by atomic mass is 10.2. The molecular weight excluding hydrogens is 308 g/mol. The van der Waals surface area contributed by atoms with Crippen molar-refractivity contribution in [2.45, 2.75) is 19.4 Å². The number of benzene rings is 2. The lowest BCUT2D eigenvalue weighted by molar-refractivity contribution is -0.139. The van der Waals surface area contributed by atoms with Crippen molar-refractivity contribution < 1.29 is 19.1 Å². The maximum Gasteiger partial charge on any atom is 0.417 e. The first-order valence-electron chi connectivity index (χ1n) is 7.58. The van der Waals surface area contributed by atoms with Gasteiger partial charge >= 0.3 is 6.09 Å². The molecular formula is C18H16N2O4. The third kappa shape index (κ3) is 3.78. The Labute approximate surface area is 139 Å². The Morgan fingerprint density at radius 3 is 2.21 bits per heavy atom. The predicted molar refractivity (Wildman–Crippen MR) is 87.3 cm³/mol. The molecule has 122 valence electrons. The van der Waals surface area contributed by atoms with E-state index in [0.29, 0.717) is 11.4 Å². The summed E-state index contributed by atoms with van der Waals surface area (Å²) in [7, 11) is 0. The highest BCUT2D eigenvalue weighted by molar-refractivity contribution is 6.01. The van der Waals surface area contributed by atoms with Gasteiger partial charge in [0.2, 0.25) is 11.8 Å². The highest BCUT2D eigenvalue weighted by Gasteiger charge is 2.28. The number of para-hydroxylation sites is 1. The third-order valence-corrected chi connectivity index (χ3v) is 3.65. The van der Waals surface area contributed by atoms with Crippen molar-refractivity contribution in [3.63, 3.8) is 0 Å². The molecule has 1 aliphatic rings. The Morgan fingerprint density at radius 1 is 0.958 bits per heavy atom. The van der Waals surface area contributed by atoms with Crippen LogP contribution in [0.4, 0.5) is 10.5 Å². The van der Waals surface area contributed by atoms with Gasteiger partial charge in [0, 0.05) is 18.5 Å². The first-order chi connectivity index (χ1) is 11.6. The van der Waals surface area contributed by atoms with E-state index in [1.165, 1.54) is 4.90 Å². The van der Waals surface area contributed by atoms with E-state index in [1.807, 2.05) is 18.2 Å². The number of nitrogens with zero attached hydrogens (tertiary/aromatic N) is 1. The van der Waals surface area contributed by atoms with E-state index in [1.54, 1.807) is 36.4 Å². The summed E-state index contributed by atoms with van der Waals surface area (Å²) in [6.45, 7) is 0.244. The molecule has 0 radical (unpaired) electrons. The number of imide groups is 1. The Bertz CT molecular complexity index is 740. The van der Waals surface area contributed by atoms with E-state index in [9.17, 15) is 14.4 Å². The van der Waals surface area contributed by atoms with Crippen LogP contribution in [0.3, 0.4) is 0 Å². The second-order valence-corrected chi connectivity index (χ2v) is 5.40. The van der Waals surface area contributed by atoms with Crippen molar-refractivity contribution in [1.82, 2.24) is 4.90 Å². The summed E-state index contributed by atoms with van der Waals surface area (Å²) < 4.78 is 5.19. The molecule has 2 aromatic rings. The number of likely N-dealkylation sites (tertiary alicyclic amines) is 1. The monoisotopic (exact) mass is 324 g/mol. The van der Waals surface area contributed by atoms with Gasteiger partial charge in [-0.3, -0.25) is 19.8 Å². The van der Waals surface area contributed by atoms with Crippen LogP contribution in [0.15, 0.2) is 54.6 Å². The van der Waals surface area contributed by atoms with Crippen LogP contribution in [0, 0.1) is 0 Å². The zero-order chi connectivity index (χ0) is 16.9. The van der Waals surface area contributed by atoms with Gasteiger partial charge < -0.3 is 4.74 Å². The zero-order valence-electron chi connectivity index (χ0n) is 12.9. The van der Waals surface area contributed by atoms with Gasteiger partial charge in [0.25, 0.3) is 0 Å². The van der Waals surface area contributed by atoms with Crippen LogP contribution in [0.25, 0.3) is 0 Å². The quantitative estimate of drug-likeness (QED) is 0.877. The molecule has 6 heteroatoms. The normalized spacial score (nSPS) is 13.9. The van der Waals surface area contributed by atoms with Gasteiger partial charge in [-0.05, 0) is 29.8 Å². The Kier molecular flexibility index (Phi) is 4.56. The first-order valence-corrected chi connectivity index (χ1v) is 7.58. The fourth-order valence-electron chi connectivity index (χ4n) is 2.42. The van der Waals surface area contributed by atoms with Crippen molar-refractivity contribution in [2.75, 3.05) is 5.32 Å². The number of nitrogens with one attached hydrogen (secondary N) is 1. The van der Waals surface area contributed by atoms with E-state index in [4.69, 9.17) is 4.74 Å². The largest absolute Gasteiger partial charge is 0.417 e. The van der Waals surface area contributed by atoms with Crippen LogP contribution in [0.5, 0.6) is 5.75 Å². The van der Waals surface area contributed by atoms with Gasteiger partial charge in [-0.15, -0.1) is 0 Å². The van der Waals surface area contributed by atoms with Crippen LogP contribution in [0.1, 0.15) is 18.4 Å². The van der Waals surface area contributed by atoms with Gasteiger partial charge in [0.1, 0.15) is 5.75 Å². The highest BCUT2D eigenvalue weighted by atomic mass is 16.6. The maximum absolute atomic E-state index is 11.8. The second-order valence-electron chi connectivity index (χ2n) is 5.40. The molecule has 6 nitrogen and oxygen atoms in total. The van der Waals surface area contributed by atoms with E-state index in [2.05, 4.69) is 5.32 Å². The number of amides is 3. The smallest absolute Gasteiger partial charge is 0.410 e. The minimum atomic E-state index is -0.584. The van der Waals surface area contributed by atoms with Gasteiger partial charge in [-0.1, -0.05) is 30.3 Å². The van der Waals surface area contributed by atoms with E-state index in [-0.39, 0.29) is 31.2 Å². The molecule has 0 aromatic heterocycles. The molecule has 1 N–H and O–H groups in total. The van der Waals surface area contributed by atoms with Gasteiger partial charge in [-0.25, -0.2) is 4.79 Å². The average Bonchev–Trinajstić information content (AvgIpc) is 2.89. The summed E-state index contributed by atoms with van der Waals surface area (Å²) in [6, 6.07) is 15.7. The molecule has 0 unspecified atom stereocenters. The molecule has 1 aliphatic heterocycles. The topological polar surface area (TPSA) is 75.7 Å². The van der Waals surface area contributed by atoms with Crippen molar-refractivity contribution in [1.29, 1.82) is 0 Å². The molecule has 24 heavy (non-hydrogen) atoms. The zero-order valence-corrected chi connectivity index (χ0v) is 12.9. The summed E-state index contributed by atoms with van der Waals surface area (Å²) in [4.78, 5) is 36.3. The van der Waals surface area contributed by atoms with Gasteiger partial charge in [0.05, 0.1) is 6.54 Å². The maximum atomic E-state index is 11.8. The number of anilines is 1. The SMILES string of the molecule is O=C(Nc1ccccc1)Oc1ccc(CN2C(=O)CCC2=O)cc1. The molecule has 0 saturated carbocycles. The summed E-state index contributed by atoms with van der Waals surface area (Å²) in [5.41, 5.74) is 1.44. The Balaban J connectivity index is 1.57. The number of hydrogen-bond donors (Lipinski definition) is 1. The summed E-state index contributed by atoms with van der Waals surface area (Å²) in [5, 5.41) is 2.62. The standard InChI is InChI=1S/C18H16N2O4/c21-16-10-11-17(22)20(16)12-13-6-8-15(9-7-13)24-18(23)19-14-4-2-1-3-5-14/h1-9H,10-12H2,(H,19,23). The highest BCUT2D eigenvalue weighted by Crippen LogP contribution is 2.18. The fraction of sp³-hybridized carbons (Fsp3) is 0.167. The van der Waals surface area contributed by atoms with Crippen molar-refractivity contribution >= 4 is 23.6 Å². The molecule has 0 bridgehead atoms. The number of ether oxygens (including phenoxy) is 1. The van der Waals surface area contributed by atoms with Crippen molar-refractivity contribution in [3.8, 4) is 5.75 Å². The summed E-state index contributed by atoms with van der Waals surface area (Å²) in [6.07, 6.45) is -0.0295. The minimum Gasteiger partial charge on any atom is -0.410 e. The second kappa shape index (κ2) is 6.95. The Hall–Kier alpha value is -3.15. The fourth-order valence-corrected chi connectivity index (χ4v) is 2.42. The van der Waals surface area contributed by atoms with Crippen molar-refractivity contribution in [2.24, 2.45) is 0 Å². The molecule has 0 spiro atoms. The first kappa shape index (κ1) is 15.7. The minimum absolute atomic E-state index is 0.150. The molecule has 3 amide bonds. The van der Waals surface area contributed by atoms with Crippen LogP contribution in [0.2, 0.25) is 0 Å². The van der Waals surface area contributed by atoms with Crippen LogP contribution in [-0.4, -0.2) is 22.8 Å². The van der Waals surface area contributed by atoms with Crippen molar-refractivity contribution in [3.05, 3.63) is 60.2 Å². The molecule has 1 saturated heterocycles. The van der Waals surface area contributed by atoms with Crippen LogP contribution < -0.4 is 10.1 Å². The van der Waals surface area contributed by atoms with E-state index < -0.39 is 6.09 Å². The lowest BCUT2D eigenvalue weighted by Gasteiger charge is -2.14. The van der Waals surface area contributed by atoms with Gasteiger partial charge in [-0.2, -0.15) is 0 Å². The number of carbonyl (C=O) groups excluding carboxylic acids is 3. The summed E-state index contributed by atoms with van der Waals surface area (Å²) in [5.74, 6) is 0.0800. The third-order valence-electron chi connectivity index (χ3n) is 3.65.